The Labute approximate surface area is 248 Å². The van der Waals surface area contributed by atoms with E-state index in [1.54, 1.807) is 12.1 Å². The molecule has 0 saturated heterocycles. The largest absolute Gasteiger partial charge is 0.508 e. The van der Waals surface area contributed by atoms with Gasteiger partial charge in [-0.15, -0.1) is 0 Å². The van der Waals surface area contributed by atoms with E-state index < -0.39 is 18.2 Å². The summed E-state index contributed by atoms with van der Waals surface area (Å²) < 4.78 is 21.8. The van der Waals surface area contributed by atoms with Crippen LogP contribution in [0.25, 0.3) is 0 Å². The van der Waals surface area contributed by atoms with Crippen molar-refractivity contribution in [3.05, 3.63) is 59.2 Å². The number of benzene rings is 2. The number of phenolic OH excluding ortho intramolecular Hbond substituents is 1. The number of amides is 1. The summed E-state index contributed by atoms with van der Waals surface area (Å²) in [5, 5.41) is 26.4. The number of aliphatic hydroxyl groups is 1. The fourth-order valence-electron chi connectivity index (χ4n) is 4.73. The summed E-state index contributed by atoms with van der Waals surface area (Å²) in [6.45, 7) is 4.64. The smallest absolute Gasteiger partial charge is 0.411 e. The molecule has 1 atom stereocenters. The average Bonchev–Trinajstić information content (AvgIpc) is 3.48. The average molecular weight is 587 g/mol. The molecule has 0 heterocycles. The van der Waals surface area contributed by atoms with Crippen LogP contribution in [0.15, 0.2) is 42.5 Å². The van der Waals surface area contributed by atoms with Gasteiger partial charge >= 0.3 is 12.1 Å². The molecule has 10 heteroatoms. The van der Waals surface area contributed by atoms with E-state index in [0.29, 0.717) is 49.8 Å². The molecule has 42 heavy (non-hydrogen) atoms. The lowest BCUT2D eigenvalue weighted by atomic mass is 10.1. The third-order valence-corrected chi connectivity index (χ3v) is 7.04. The van der Waals surface area contributed by atoms with Crippen LogP contribution in [-0.2, 0) is 37.0 Å². The van der Waals surface area contributed by atoms with E-state index in [9.17, 15) is 19.8 Å². The number of hydrogen-bond donors (Lipinski definition) is 4. The maximum atomic E-state index is 12.1. The maximum absolute atomic E-state index is 12.1. The molecule has 0 spiro atoms. The lowest BCUT2D eigenvalue weighted by molar-refractivity contribution is -0.142. The number of unbranched alkanes of at least 4 members (excludes halogenated alkanes) is 3. The molecule has 0 radical (unpaired) electrons. The van der Waals surface area contributed by atoms with Crippen LogP contribution in [-0.4, -0.2) is 61.3 Å². The monoisotopic (exact) mass is 586 g/mol. The molecule has 1 aliphatic rings. The van der Waals surface area contributed by atoms with E-state index in [4.69, 9.17) is 18.9 Å². The highest BCUT2D eigenvalue weighted by Gasteiger charge is 2.19. The van der Waals surface area contributed by atoms with E-state index in [-0.39, 0.29) is 18.5 Å². The first-order valence-corrected chi connectivity index (χ1v) is 15.0. The zero-order valence-corrected chi connectivity index (χ0v) is 24.6. The number of phenols is 1. The summed E-state index contributed by atoms with van der Waals surface area (Å²) in [4.78, 5) is 23.1. The van der Waals surface area contributed by atoms with Crippen molar-refractivity contribution in [3.8, 4) is 5.75 Å². The zero-order chi connectivity index (χ0) is 30.0. The van der Waals surface area contributed by atoms with Gasteiger partial charge in [0.15, 0.2) is 0 Å². The number of rotatable bonds is 19. The van der Waals surface area contributed by atoms with E-state index in [1.807, 2.05) is 24.3 Å². The first kappa shape index (κ1) is 33.3. The molecule has 0 unspecified atom stereocenters. The van der Waals surface area contributed by atoms with Crippen molar-refractivity contribution in [2.24, 2.45) is 0 Å². The molecule has 10 nitrogen and oxygen atoms in total. The van der Waals surface area contributed by atoms with Gasteiger partial charge in [0.2, 0.25) is 0 Å². The number of ether oxygens (including phenoxy) is 4. The van der Waals surface area contributed by atoms with Crippen molar-refractivity contribution in [1.82, 2.24) is 5.32 Å². The first-order chi connectivity index (χ1) is 20.4. The van der Waals surface area contributed by atoms with Crippen LogP contribution in [0.1, 0.15) is 81.1 Å². The number of anilines is 1. The normalized spacial score (nSPS) is 14.0. The van der Waals surface area contributed by atoms with Gasteiger partial charge in [0, 0.05) is 31.3 Å². The predicted molar refractivity (Wildman–Crippen MR) is 159 cm³/mol. The van der Waals surface area contributed by atoms with Gasteiger partial charge in [0.25, 0.3) is 0 Å². The van der Waals surface area contributed by atoms with Gasteiger partial charge < -0.3 is 34.5 Å². The van der Waals surface area contributed by atoms with E-state index in [0.717, 1.165) is 63.5 Å². The highest BCUT2D eigenvalue weighted by molar-refractivity contribution is 5.84. The Morgan fingerprint density at radius 3 is 2.55 bits per heavy atom. The molecule has 4 N–H and O–H groups in total. The van der Waals surface area contributed by atoms with Crippen LogP contribution < -0.4 is 10.6 Å². The summed E-state index contributed by atoms with van der Waals surface area (Å²) in [7, 11) is 0. The van der Waals surface area contributed by atoms with Crippen molar-refractivity contribution in [2.45, 2.75) is 83.7 Å². The third kappa shape index (κ3) is 13.2. The summed E-state index contributed by atoms with van der Waals surface area (Å²) >= 11 is 0. The molecule has 3 rings (SSSR count). The lowest BCUT2D eigenvalue weighted by Crippen LogP contribution is -2.22. The van der Waals surface area contributed by atoms with Crippen molar-refractivity contribution < 1.29 is 38.7 Å². The fourth-order valence-corrected chi connectivity index (χ4v) is 4.73. The topological polar surface area (TPSA) is 136 Å². The van der Waals surface area contributed by atoms with Crippen LogP contribution in [0, 0.1) is 0 Å². The Morgan fingerprint density at radius 2 is 1.74 bits per heavy atom. The van der Waals surface area contributed by atoms with Gasteiger partial charge in [-0.2, -0.15) is 0 Å². The second kappa shape index (κ2) is 19.1. The van der Waals surface area contributed by atoms with Gasteiger partial charge in [0.1, 0.15) is 18.5 Å². The Balaban J connectivity index is 1.15. The molecule has 1 amide bonds. The number of hydrogen-bond acceptors (Lipinski definition) is 9. The van der Waals surface area contributed by atoms with Gasteiger partial charge in [-0.05, 0) is 80.5 Å². The van der Waals surface area contributed by atoms with Crippen LogP contribution in [0.3, 0.4) is 0 Å². The molecule has 0 aliphatic heterocycles. The fraction of sp³-hybridized carbons (Fsp3) is 0.562. The first-order valence-electron chi connectivity index (χ1n) is 15.0. The number of carbonyl (C=O) groups is 2. The van der Waals surface area contributed by atoms with E-state index in [1.165, 1.54) is 13.0 Å². The minimum atomic E-state index is -0.719. The third-order valence-electron chi connectivity index (χ3n) is 7.04. The molecule has 1 fully saturated rings. The minimum absolute atomic E-state index is 0.0287. The Morgan fingerprint density at radius 1 is 0.952 bits per heavy atom. The number of esters is 1. The number of nitrogens with one attached hydrogen (secondary N) is 2. The van der Waals surface area contributed by atoms with Crippen LogP contribution >= 0.6 is 0 Å². The molecule has 0 bridgehead atoms. The standard InChI is InChI=1S/C32H46N2O8/c1-24(35)41-23-27-20-26(13-14-30(27)36)31(37)21-33-15-6-2-3-7-16-39-17-18-40-22-25-9-8-10-28(19-25)34-32(38)42-29-11-4-5-12-29/h8-10,13-14,19-20,29,31,33,36-37H,2-7,11-12,15-18,21-23H2,1H3,(H,34,38)/t31-/m0/s1. The van der Waals surface area contributed by atoms with Crippen molar-refractivity contribution in [1.29, 1.82) is 0 Å². The van der Waals surface area contributed by atoms with Crippen molar-refractivity contribution in [2.75, 3.05) is 38.2 Å². The highest BCUT2D eigenvalue weighted by atomic mass is 16.6. The van der Waals surface area contributed by atoms with Crippen LogP contribution in [0.4, 0.5) is 10.5 Å². The highest BCUT2D eigenvalue weighted by Crippen LogP contribution is 2.24. The van der Waals surface area contributed by atoms with E-state index >= 15 is 0 Å². The predicted octanol–water partition coefficient (Wildman–Crippen LogP) is 5.36. The van der Waals surface area contributed by atoms with Crippen molar-refractivity contribution >= 4 is 17.7 Å². The van der Waals surface area contributed by atoms with Gasteiger partial charge in [0.05, 0.1) is 25.9 Å². The van der Waals surface area contributed by atoms with Gasteiger partial charge in [-0.1, -0.05) is 31.0 Å². The molecule has 1 saturated carbocycles. The lowest BCUT2D eigenvalue weighted by Gasteiger charge is -2.14. The van der Waals surface area contributed by atoms with E-state index in [2.05, 4.69) is 10.6 Å². The molecule has 0 aromatic heterocycles. The molecular weight excluding hydrogens is 540 g/mol. The second-order valence-corrected chi connectivity index (χ2v) is 10.6. The van der Waals surface area contributed by atoms with Crippen molar-refractivity contribution in [3.63, 3.8) is 0 Å². The molecule has 2 aromatic rings. The maximum Gasteiger partial charge on any atom is 0.411 e. The Hall–Kier alpha value is -3.18. The molecule has 232 valence electrons. The quantitative estimate of drug-likeness (QED) is 0.127. The molecule has 1 aliphatic carbocycles. The van der Waals surface area contributed by atoms with Gasteiger partial charge in [-0.3, -0.25) is 10.1 Å². The number of carbonyl (C=O) groups excluding carboxylic acids is 2. The Bertz CT molecular complexity index is 1090. The SMILES string of the molecule is CC(=O)OCc1cc([C@@H](O)CNCCCCCCOCCOCc2cccc(NC(=O)OC3CCCC3)c2)ccc1O. The van der Waals surface area contributed by atoms with Crippen LogP contribution in [0.5, 0.6) is 5.75 Å². The van der Waals surface area contributed by atoms with Crippen LogP contribution in [0.2, 0.25) is 0 Å². The summed E-state index contributed by atoms with van der Waals surface area (Å²) in [6.07, 6.45) is 7.14. The summed E-state index contributed by atoms with van der Waals surface area (Å²) in [6, 6.07) is 12.4. The molecular formula is C32H46N2O8. The summed E-state index contributed by atoms with van der Waals surface area (Å²) in [5.41, 5.74) is 2.80. The second-order valence-electron chi connectivity index (χ2n) is 10.6. The molecule has 2 aromatic carbocycles. The number of aromatic hydroxyl groups is 1. The Kier molecular flexibility index (Phi) is 15.1. The minimum Gasteiger partial charge on any atom is -0.508 e. The number of aliphatic hydroxyl groups excluding tert-OH is 1. The van der Waals surface area contributed by atoms with Gasteiger partial charge in [-0.25, -0.2) is 4.79 Å². The summed E-state index contributed by atoms with van der Waals surface area (Å²) in [5.74, 6) is -0.392. The zero-order valence-electron chi connectivity index (χ0n) is 24.6.